The predicted octanol–water partition coefficient (Wildman–Crippen LogP) is -5.25. The number of aromatic nitrogens is 6. The SMILES string of the molecule is O=S(=O)([O-])c1cc(Nc2nc(Cl)nc(N(CCO)CCO)n2)ccc1C=Cc1ccc(Nc2nc(Cl)nc(N(CCO)CCO)n2)cc1SOO[O-].[Na+].[Na+]. The van der Waals surface area contributed by atoms with Gasteiger partial charge in [0.25, 0.3) is 0 Å². The quantitative estimate of drug-likeness (QED) is 0.0121. The van der Waals surface area contributed by atoms with Crippen molar-refractivity contribution in [2.75, 3.05) is 73.0 Å². The van der Waals surface area contributed by atoms with Crippen molar-refractivity contribution < 1.29 is 107 Å². The molecule has 0 radical (unpaired) electrons. The van der Waals surface area contributed by atoms with E-state index in [2.05, 4.69) is 49.9 Å². The molecule has 0 fully saturated rings. The van der Waals surface area contributed by atoms with Gasteiger partial charge in [0, 0.05) is 42.4 Å². The number of rotatable bonds is 20. The molecule has 2 aromatic heterocycles. The summed E-state index contributed by atoms with van der Waals surface area (Å²) in [5.41, 5.74) is 0.904. The second-order valence-electron chi connectivity index (χ2n) is 10.1. The van der Waals surface area contributed by atoms with E-state index in [-0.39, 0.29) is 157 Å². The number of nitrogens with zero attached hydrogens (tertiary/aromatic N) is 8. The van der Waals surface area contributed by atoms with Gasteiger partial charge in [-0.3, -0.25) is 5.04 Å². The van der Waals surface area contributed by atoms with Crippen molar-refractivity contribution in [3.05, 3.63) is 58.1 Å². The van der Waals surface area contributed by atoms with Crippen LogP contribution in [0.3, 0.4) is 0 Å². The Kier molecular flexibility index (Phi) is 21.3. The number of aliphatic hydroxyl groups excluding tert-OH is 4. The Morgan fingerprint density at radius 2 is 1.17 bits per heavy atom. The van der Waals surface area contributed by atoms with Crippen LogP contribution in [-0.2, 0) is 19.5 Å². The zero-order valence-electron chi connectivity index (χ0n) is 28.7. The molecule has 4 aromatic rings. The molecule has 280 valence electrons. The third-order valence-corrected chi connectivity index (χ3v) is 8.53. The summed E-state index contributed by atoms with van der Waals surface area (Å²) in [6, 6.07) is 8.57. The molecule has 0 saturated carbocycles. The third kappa shape index (κ3) is 14.5. The van der Waals surface area contributed by atoms with E-state index in [1.54, 1.807) is 12.1 Å². The standard InChI is InChI=1S/C28H32Cl2N10O10S2.2Na/c29-23-33-25(37-27(35-23)39(7-11-41)8-12-42)31-19-5-3-17(21(15-19)51-50-49-45)1-2-18-4-6-20(16-22(18)52(46,47)48)32-26-34-24(30)36-28(38-26)40(9-13-43)10-14-44;;/h1-6,15-16,41-45H,7-14H2,(H,46,47,48)(H,31,33,35,37)(H,32,34,36,38);;/q;2*+1/p-2. The Labute approximate surface area is 367 Å². The predicted molar refractivity (Wildman–Crippen MR) is 187 cm³/mol. The van der Waals surface area contributed by atoms with E-state index in [0.717, 1.165) is 6.07 Å². The van der Waals surface area contributed by atoms with Crippen LogP contribution in [0.1, 0.15) is 11.1 Å². The maximum atomic E-state index is 12.3. The van der Waals surface area contributed by atoms with Crippen LogP contribution < -0.4 is 84.8 Å². The van der Waals surface area contributed by atoms with Crippen LogP contribution in [0.4, 0.5) is 35.2 Å². The van der Waals surface area contributed by atoms with Gasteiger partial charge in [0.15, 0.2) is 0 Å². The topological polar surface area (TPSA) is 288 Å². The first-order valence-electron chi connectivity index (χ1n) is 14.8. The molecule has 0 unspecified atom stereocenters. The molecule has 0 aliphatic rings. The van der Waals surface area contributed by atoms with Crippen LogP contribution in [0.2, 0.25) is 10.6 Å². The van der Waals surface area contributed by atoms with E-state index in [9.17, 15) is 38.7 Å². The molecule has 54 heavy (non-hydrogen) atoms. The van der Waals surface area contributed by atoms with Gasteiger partial charge in [-0.1, -0.05) is 24.3 Å². The monoisotopic (exact) mass is 846 g/mol. The minimum absolute atomic E-state index is 0. The number of benzene rings is 2. The van der Waals surface area contributed by atoms with Crippen LogP contribution in [0.25, 0.3) is 12.2 Å². The Morgan fingerprint density at radius 3 is 1.61 bits per heavy atom. The first-order valence-corrected chi connectivity index (χ1v) is 17.7. The Balaban J connectivity index is 0.00000504. The van der Waals surface area contributed by atoms with Gasteiger partial charge < -0.3 is 50.7 Å². The second-order valence-corrected chi connectivity index (χ2v) is 12.9. The van der Waals surface area contributed by atoms with Gasteiger partial charge in [-0.15, -0.1) is 0 Å². The second kappa shape index (κ2) is 23.9. The summed E-state index contributed by atoms with van der Waals surface area (Å²) < 4.78 is 41.5. The largest absolute Gasteiger partial charge is 1.00 e. The van der Waals surface area contributed by atoms with Crippen molar-refractivity contribution in [2.24, 2.45) is 0 Å². The van der Waals surface area contributed by atoms with Crippen LogP contribution in [0.5, 0.6) is 0 Å². The molecule has 0 saturated heterocycles. The van der Waals surface area contributed by atoms with Gasteiger partial charge in [0.2, 0.25) is 34.4 Å². The zero-order valence-corrected chi connectivity index (χ0v) is 35.8. The minimum atomic E-state index is -5.03. The normalized spacial score (nSPS) is 11.2. The first-order chi connectivity index (χ1) is 25.0. The van der Waals surface area contributed by atoms with Crippen LogP contribution in [-0.4, -0.2) is 116 Å². The van der Waals surface area contributed by atoms with Gasteiger partial charge in [-0.05, 0) is 58.6 Å². The van der Waals surface area contributed by atoms with Gasteiger partial charge in [0.05, 0.1) is 43.4 Å². The average molecular weight is 848 g/mol. The summed E-state index contributed by atoms with van der Waals surface area (Å²) in [6.07, 6.45) is 2.82. The number of anilines is 6. The number of nitrogens with one attached hydrogen (secondary N) is 2. The molecular formula is C28H30Cl2N10Na2O10S2. The van der Waals surface area contributed by atoms with E-state index in [4.69, 9.17) is 23.2 Å². The van der Waals surface area contributed by atoms with Crippen molar-refractivity contribution in [2.45, 2.75) is 9.79 Å². The maximum absolute atomic E-state index is 12.3. The first kappa shape index (κ1) is 48.1. The summed E-state index contributed by atoms with van der Waals surface area (Å²) >= 11 is 12.7. The molecule has 0 spiro atoms. The van der Waals surface area contributed by atoms with Crippen molar-refractivity contribution in [3.63, 3.8) is 0 Å². The van der Waals surface area contributed by atoms with Crippen molar-refractivity contribution in [3.8, 4) is 0 Å². The molecule has 2 aromatic carbocycles. The Bertz CT molecular complexity index is 1950. The fourth-order valence-electron chi connectivity index (χ4n) is 4.46. The summed E-state index contributed by atoms with van der Waals surface area (Å²) in [5.74, 6) is 0.0385. The molecule has 4 rings (SSSR count). The summed E-state index contributed by atoms with van der Waals surface area (Å²) in [4.78, 5) is 27.2. The zero-order chi connectivity index (χ0) is 37.7. The van der Waals surface area contributed by atoms with E-state index in [1.165, 1.54) is 40.2 Å². The molecular weight excluding hydrogens is 817 g/mol. The van der Waals surface area contributed by atoms with Gasteiger partial charge in [0.1, 0.15) is 10.1 Å². The smallest absolute Gasteiger partial charge is 0.744 e. The summed E-state index contributed by atoms with van der Waals surface area (Å²) in [6.45, 7) is -0.583. The molecule has 0 bridgehead atoms. The van der Waals surface area contributed by atoms with Crippen molar-refractivity contribution in [1.29, 1.82) is 0 Å². The van der Waals surface area contributed by atoms with E-state index in [0.29, 0.717) is 28.2 Å². The molecule has 0 aliphatic heterocycles. The fraction of sp³-hybridized carbons (Fsp3) is 0.286. The number of aliphatic hydroxyl groups is 4. The molecule has 2 heterocycles. The number of hydrogen-bond acceptors (Lipinski definition) is 21. The molecule has 0 aliphatic carbocycles. The maximum Gasteiger partial charge on any atom is 1.00 e. The average Bonchev–Trinajstić information content (AvgIpc) is 3.09. The molecule has 0 atom stereocenters. The van der Waals surface area contributed by atoms with Crippen LogP contribution >= 0.6 is 35.2 Å². The molecule has 26 heteroatoms. The van der Waals surface area contributed by atoms with E-state index < -0.39 is 15.0 Å². The number of hydrogen-bond donors (Lipinski definition) is 6. The molecule has 20 nitrogen and oxygen atoms in total. The summed E-state index contributed by atoms with van der Waals surface area (Å²) in [5, 5.41) is 56.9. The van der Waals surface area contributed by atoms with Crippen LogP contribution in [0, 0.1) is 0 Å². The summed E-state index contributed by atoms with van der Waals surface area (Å²) in [7, 11) is -5.03. The fourth-order valence-corrected chi connectivity index (χ4v) is 5.97. The molecule has 6 N–H and O–H groups in total. The number of halogens is 2. The van der Waals surface area contributed by atoms with E-state index >= 15 is 0 Å². The van der Waals surface area contributed by atoms with Crippen molar-refractivity contribution in [1.82, 2.24) is 29.9 Å². The third-order valence-electron chi connectivity index (χ3n) is 6.64. The minimum Gasteiger partial charge on any atom is -0.744 e. The van der Waals surface area contributed by atoms with Gasteiger partial charge in [-0.25, -0.2) is 8.42 Å². The molecule has 0 amide bonds. The van der Waals surface area contributed by atoms with E-state index in [1.807, 2.05) is 0 Å². The van der Waals surface area contributed by atoms with Gasteiger partial charge >= 0.3 is 59.1 Å². The van der Waals surface area contributed by atoms with Crippen molar-refractivity contribution >= 4 is 92.7 Å². The van der Waals surface area contributed by atoms with Crippen LogP contribution in [0.15, 0.2) is 46.2 Å². The van der Waals surface area contributed by atoms with Gasteiger partial charge in [-0.2, -0.15) is 34.2 Å². The Hall–Kier alpha value is -2.04. The Morgan fingerprint density at radius 1 is 0.722 bits per heavy atom.